The smallest absolute Gasteiger partial charge is 0.335 e. The first-order valence-electron chi connectivity index (χ1n) is 9.47. The van der Waals surface area contributed by atoms with Gasteiger partial charge in [0.1, 0.15) is 18.1 Å². The van der Waals surface area contributed by atoms with Crippen LogP contribution in [0.15, 0.2) is 45.7 Å². The molecule has 2 aliphatic rings. The molecule has 1 aromatic heterocycles. The molecule has 0 saturated carbocycles. The van der Waals surface area contributed by atoms with Gasteiger partial charge in [-0.05, 0) is 36.0 Å². The highest BCUT2D eigenvalue weighted by Gasteiger charge is 2.37. The number of furan rings is 1. The molecule has 2 aromatic rings. The Balaban J connectivity index is 1.48. The molecule has 31 heavy (non-hydrogen) atoms. The third kappa shape index (κ3) is 4.54. The Morgan fingerprint density at radius 2 is 1.90 bits per heavy atom. The number of ether oxygens (including phenoxy) is 1. The number of hydrogen-bond donors (Lipinski definition) is 1. The fraction of sp³-hybridized carbons (Fsp3) is 0.238. The highest BCUT2D eigenvalue weighted by Crippen LogP contribution is 2.33. The van der Waals surface area contributed by atoms with Crippen molar-refractivity contribution >= 4 is 40.9 Å². The topological polar surface area (TPSA) is 117 Å². The van der Waals surface area contributed by atoms with Gasteiger partial charge in [-0.15, -0.1) is 0 Å². The fourth-order valence-corrected chi connectivity index (χ4v) is 4.02. The molecular formula is C21H18N2O7S. The minimum atomic E-state index is -1.05. The van der Waals surface area contributed by atoms with Crippen molar-refractivity contribution < 1.29 is 33.4 Å². The molecule has 4 rings (SSSR count). The molecule has 9 nitrogen and oxygen atoms in total. The van der Waals surface area contributed by atoms with Gasteiger partial charge in [0.25, 0.3) is 11.1 Å². The molecule has 2 saturated heterocycles. The van der Waals surface area contributed by atoms with Crippen LogP contribution in [0.3, 0.4) is 0 Å². The van der Waals surface area contributed by atoms with E-state index in [0.29, 0.717) is 43.4 Å². The molecular weight excluding hydrogens is 424 g/mol. The quantitative estimate of drug-likeness (QED) is 0.702. The Hall–Kier alpha value is -3.37. The number of carbonyl (C=O) groups is 4. The van der Waals surface area contributed by atoms with E-state index >= 15 is 0 Å². The van der Waals surface area contributed by atoms with Crippen molar-refractivity contribution in [1.82, 2.24) is 9.80 Å². The Kier molecular flexibility index (Phi) is 5.92. The second kappa shape index (κ2) is 8.78. The number of thioether (sulfide) groups is 1. The normalized spacial score (nSPS) is 18.1. The average Bonchev–Trinajstić information content (AvgIpc) is 3.35. The minimum Gasteiger partial charge on any atom is -0.478 e. The second-order valence-electron chi connectivity index (χ2n) is 6.85. The van der Waals surface area contributed by atoms with E-state index in [-0.39, 0.29) is 22.9 Å². The van der Waals surface area contributed by atoms with Gasteiger partial charge in [-0.3, -0.25) is 19.3 Å². The number of aromatic carboxylic acids is 1. The predicted molar refractivity (Wildman–Crippen MR) is 111 cm³/mol. The number of carboxylic acid groups (broad SMARTS) is 1. The number of hydrogen-bond acceptors (Lipinski definition) is 7. The molecule has 10 heteroatoms. The van der Waals surface area contributed by atoms with Gasteiger partial charge in [-0.1, -0.05) is 12.1 Å². The SMILES string of the molecule is O=C(O)c1cccc(-c2ccc(/C=C3\SC(=O)N(CC(=O)N4CCOCC4)C3=O)o2)c1. The van der Waals surface area contributed by atoms with E-state index in [9.17, 15) is 19.2 Å². The summed E-state index contributed by atoms with van der Waals surface area (Å²) in [7, 11) is 0. The van der Waals surface area contributed by atoms with E-state index in [1.807, 2.05) is 0 Å². The van der Waals surface area contributed by atoms with Gasteiger partial charge >= 0.3 is 5.97 Å². The number of nitrogens with zero attached hydrogens (tertiary/aromatic N) is 2. The number of benzene rings is 1. The maximum absolute atomic E-state index is 12.6. The summed E-state index contributed by atoms with van der Waals surface area (Å²) in [5.41, 5.74) is 0.699. The molecule has 0 atom stereocenters. The summed E-state index contributed by atoms with van der Waals surface area (Å²) in [6, 6.07) is 9.55. The summed E-state index contributed by atoms with van der Waals surface area (Å²) >= 11 is 0.742. The van der Waals surface area contributed by atoms with Gasteiger partial charge in [-0.2, -0.15) is 0 Å². The molecule has 2 aliphatic heterocycles. The lowest BCUT2D eigenvalue weighted by Gasteiger charge is -2.27. The first kappa shape index (κ1) is 20.9. The van der Waals surface area contributed by atoms with E-state index in [4.69, 9.17) is 14.3 Å². The fourth-order valence-electron chi connectivity index (χ4n) is 3.20. The molecule has 3 heterocycles. The first-order chi connectivity index (χ1) is 14.9. The summed E-state index contributed by atoms with van der Waals surface area (Å²) in [6.07, 6.45) is 1.44. The monoisotopic (exact) mass is 442 g/mol. The van der Waals surface area contributed by atoms with Crippen LogP contribution in [-0.4, -0.2) is 70.8 Å². The standard InChI is InChI=1S/C21H18N2O7S/c24-18(22-6-8-29-9-7-22)12-23-19(25)17(31-21(23)28)11-15-4-5-16(30-15)13-2-1-3-14(10-13)20(26)27/h1-5,10-11H,6-9,12H2,(H,26,27)/b17-11-. The summed E-state index contributed by atoms with van der Waals surface area (Å²) in [4.78, 5) is 51.1. The number of rotatable bonds is 5. The lowest BCUT2D eigenvalue weighted by atomic mass is 10.1. The maximum atomic E-state index is 12.6. The molecule has 0 spiro atoms. The zero-order chi connectivity index (χ0) is 22.0. The minimum absolute atomic E-state index is 0.126. The third-order valence-corrected chi connectivity index (χ3v) is 5.73. The van der Waals surface area contributed by atoms with Gasteiger partial charge < -0.3 is 19.2 Å². The van der Waals surface area contributed by atoms with E-state index in [0.717, 1.165) is 16.7 Å². The Morgan fingerprint density at radius 3 is 2.65 bits per heavy atom. The highest BCUT2D eigenvalue weighted by atomic mass is 32.2. The lowest BCUT2D eigenvalue weighted by molar-refractivity contribution is -0.139. The number of carboxylic acids is 1. The van der Waals surface area contributed by atoms with Gasteiger partial charge in [0.05, 0.1) is 23.7 Å². The van der Waals surface area contributed by atoms with Crippen LogP contribution in [0.4, 0.5) is 4.79 Å². The average molecular weight is 442 g/mol. The van der Waals surface area contributed by atoms with Crippen molar-refractivity contribution in [3.05, 3.63) is 52.6 Å². The van der Waals surface area contributed by atoms with Crippen LogP contribution in [0.1, 0.15) is 16.1 Å². The largest absolute Gasteiger partial charge is 0.478 e. The second-order valence-corrected chi connectivity index (χ2v) is 7.84. The molecule has 0 aliphatic carbocycles. The maximum Gasteiger partial charge on any atom is 0.335 e. The van der Waals surface area contributed by atoms with Crippen LogP contribution in [0.2, 0.25) is 0 Å². The van der Waals surface area contributed by atoms with Crippen molar-refractivity contribution in [2.24, 2.45) is 0 Å². The molecule has 3 amide bonds. The summed E-state index contributed by atoms with van der Waals surface area (Å²) in [5, 5.41) is 8.61. The Bertz CT molecular complexity index is 1080. The van der Waals surface area contributed by atoms with Crippen LogP contribution in [0.25, 0.3) is 17.4 Å². The molecule has 160 valence electrons. The molecule has 0 unspecified atom stereocenters. The zero-order valence-electron chi connectivity index (χ0n) is 16.3. The van der Waals surface area contributed by atoms with E-state index in [2.05, 4.69) is 0 Å². The van der Waals surface area contributed by atoms with Crippen LogP contribution in [0, 0.1) is 0 Å². The summed E-state index contributed by atoms with van der Waals surface area (Å²) < 4.78 is 10.9. The van der Waals surface area contributed by atoms with Crippen LogP contribution < -0.4 is 0 Å². The molecule has 1 aromatic carbocycles. The van der Waals surface area contributed by atoms with Crippen molar-refractivity contribution in [3.8, 4) is 11.3 Å². The van der Waals surface area contributed by atoms with Gasteiger partial charge in [-0.25, -0.2) is 4.79 Å². The molecule has 0 radical (unpaired) electrons. The Labute approximate surface area is 181 Å². The predicted octanol–water partition coefficient (Wildman–Crippen LogP) is 2.54. The van der Waals surface area contributed by atoms with Gasteiger partial charge in [0.15, 0.2) is 0 Å². The first-order valence-corrected chi connectivity index (χ1v) is 10.3. The molecule has 2 fully saturated rings. The van der Waals surface area contributed by atoms with Gasteiger partial charge in [0, 0.05) is 24.7 Å². The summed E-state index contributed by atoms with van der Waals surface area (Å²) in [6.45, 7) is 1.42. The number of amides is 3. The number of morpholine rings is 1. The third-order valence-electron chi connectivity index (χ3n) is 4.82. The van der Waals surface area contributed by atoms with Crippen molar-refractivity contribution in [2.45, 2.75) is 0 Å². The van der Waals surface area contributed by atoms with Gasteiger partial charge in [0.2, 0.25) is 5.91 Å². The Morgan fingerprint density at radius 1 is 1.13 bits per heavy atom. The molecule has 0 bridgehead atoms. The van der Waals surface area contributed by atoms with Crippen LogP contribution >= 0.6 is 11.8 Å². The van der Waals surface area contributed by atoms with E-state index in [1.54, 1.807) is 29.2 Å². The van der Waals surface area contributed by atoms with E-state index in [1.165, 1.54) is 18.2 Å². The van der Waals surface area contributed by atoms with Crippen molar-refractivity contribution in [3.63, 3.8) is 0 Å². The van der Waals surface area contributed by atoms with Crippen LogP contribution in [-0.2, 0) is 14.3 Å². The lowest BCUT2D eigenvalue weighted by Crippen LogP contribution is -2.46. The number of carbonyl (C=O) groups excluding carboxylic acids is 3. The molecule has 1 N–H and O–H groups in total. The highest BCUT2D eigenvalue weighted by molar-refractivity contribution is 8.18. The number of imide groups is 1. The van der Waals surface area contributed by atoms with E-state index < -0.39 is 17.1 Å². The van der Waals surface area contributed by atoms with Crippen molar-refractivity contribution in [1.29, 1.82) is 0 Å². The summed E-state index contributed by atoms with van der Waals surface area (Å²) in [5.74, 6) is -1.14. The van der Waals surface area contributed by atoms with Crippen molar-refractivity contribution in [2.75, 3.05) is 32.8 Å². The van der Waals surface area contributed by atoms with Crippen LogP contribution in [0.5, 0.6) is 0 Å². The zero-order valence-corrected chi connectivity index (χ0v) is 17.1.